The Bertz CT molecular complexity index is 353. The third-order valence-corrected chi connectivity index (χ3v) is 2.51. The summed E-state index contributed by atoms with van der Waals surface area (Å²) < 4.78 is 1.36. The summed E-state index contributed by atoms with van der Waals surface area (Å²) in [5, 5.41) is 0.508. The van der Waals surface area contributed by atoms with E-state index >= 15 is 0 Å². The van der Waals surface area contributed by atoms with E-state index in [1.807, 2.05) is 12.1 Å². The number of amides is 1. The lowest BCUT2D eigenvalue weighted by Crippen LogP contribution is -2.11. The zero-order valence-electron chi connectivity index (χ0n) is 6.12. The van der Waals surface area contributed by atoms with Gasteiger partial charge in [0.05, 0.1) is 17.1 Å². The second-order valence-electron chi connectivity index (χ2n) is 2.64. The normalized spacial score (nSPS) is 15.2. The van der Waals surface area contributed by atoms with Crippen LogP contribution in [0.4, 0.5) is 0 Å². The number of benzene rings is 1. The molecule has 1 heterocycles. The van der Waals surface area contributed by atoms with Crippen LogP contribution < -0.4 is 0 Å². The summed E-state index contributed by atoms with van der Waals surface area (Å²) >= 11 is 9.85. The monoisotopic (exact) mass is 199 g/mol. The zero-order chi connectivity index (χ0) is 8.72. The van der Waals surface area contributed by atoms with Crippen molar-refractivity contribution in [3.05, 3.63) is 34.3 Å². The van der Waals surface area contributed by atoms with Crippen molar-refractivity contribution in [2.75, 3.05) is 0 Å². The molecule has 0 aromatic heterocycles. The summed E-state index contributed by atoms with van der Waals surface area (Å²) in [4.78, 5) is 11.4. The molecule has 0 radical (unpaired) electrons. The lowest BCUT2D eigenvalue weighted by molar-refractivity contribution is 0.0891. The van der Waals surface area contributed by atoms with Crippen LogP contribution in [0, 0.1) is 0 Å². The molecular weight excluding hydrogens is 194 g/mol. The maximum Gasteiger partial charge on any atom is 0.265 e. The van der Waals surface area contributed by atoms with Crippen molar-refractivity contribution in [2.45, 2.75) is 6.54 Å². The summed E-state index contributed by atoms with van der Waals surface area (Å²) in [5.74, 6) is -0.112. The fourth-order valence-corrected chi connectivity index (χ4v) is 1.83. The highest BCUT2D eigenvalue weighted by Gasteiger charge is 2.27. The van der Waals surface area contributed by atoms with Gasteiger partial charge in [-0.15, -0.1) is 0 Å². The lowest BCUT2D eigenvalue weighted by atomic mass is 10.1. The third kappa shape index (κ3) is 1.01. The molecule has 0 unspecified atom stereocenters. The van der Waals surface area contributed by atoms with E-state index in [4.69, 9.17) is 11.6 Å². The van der Waals surface area contributed by atoms with Gasteiger partial charge in [-0.2, -0.15) is 0 Å². The first kappa shape index (κ1) is 7.95. The van der Waals surface area contributed by atoms with Crippen LogP contribution >= 0.6 is 24.4 Å². The average molecular weight is 200 g/mol. The number of hydrogen-bond acceptors (Lipinski definition) is 2. The van der Waals surface area contributed by atoms with Crippen molar-refractivity contribution >= 4 is 30.3 Å². The molecule has 4 heteroatoms. The van der Waals surface area contributed by atoms with Crippen LogP contribution in [0.1, 0.15) is 15.9 Å². The summed E-state index contributed by atoms with van der Waals surface area (Å²) in [7, 11) is 0. The van der Waals surface area contributed by atoms with Crippen LogP contribution in [0.2, 0.25) is 5.02 Å². The molecule has 1 amide bonds. The maximum atomic E-state index is 11.4. The molecule has 2 rings (SSSR count). The van der Waals surface area contributed by atoms with Gasteiger partial charge in [0, 0.05) is 0 Å². The fraction of sp³-hybridized carbons (Fsp3) is 0.125. The Morgan fingerprint density at radius 1 is 1.50 bits per heavy atom. The van der Waals surface area contributed by atoms with Crippen LogP contribution in [0.5, 0.6) is 0 Å². The van der Waals surface area contributed by atoms with Crippen molar-refractivity contribution in [3.63, 3.8) is 0 Å². The Morgan fingerprint density at radius 3 is 2.92 bits per heavy atom. The Hall–Kier alpha value is -0.670. The van der Waals surface area contributed by atoms with Gasteiger partial charge in [0.25, 0.3) is 5.91 Å². The van der Waals surface area contributed by atoms with Gasteiger partial charge in [0.1, 0.15) is 0 Å². The topological polar surface area (TPSA) is 20.3 Å². The van der Waals surface area contributed by atoms with Crippen LogP contribution in [-0.2, 0) is 6.54 Å². The van der Waals surface area contributed by atoms with Crippen molar-refractivity contribution in [2.24, 2.45) is 0 Å². The second kappa shape index (κ2) is 2.68. The average Bonchev–Trinajstić information content (AvgIpc) is 2.29. The highest BCUT2D eigenvalue weighted by atomic mass is 35.5. The van der Waals surface area contributed by atoms with Gasteiger partial charge >= 0.3 is 0 Å². The molecule has 1 aliphatic heterocycles. The molecule has 0 bridgehead atoms. The molecule has 62 valence electrons. The van der Waals surface area contributed by atoms with E-state index in [9.17, 15) is 4.79 Å². The number of nitrogens with zero attached hydrogens (tertiary/aromatic N) is 1. The van der Waals surface area contributed by atoms with Gasteiger partial charge in [-0.3, -0.25) is 9.10 Å². The predicted molar refractivity (Wildman–Crippen MR) is 50.3 cm³/mol. The standard InChI is InChI=1S/C8H6ClNOS/c9-6-3-1-2-5-4-10(12)8(11)7(5)6/h1-3,12H,4H2. The number of hydrogen-bond donors (Lipinski definition) is 1. The highest BCUT2D eigenvalue weighted by molar-refractivity contribution is 7.78. The van der Waals surface area contributed by atoms with E-state index in [0.29, 0.717) is 17.1 Å². The van der Waals surface area contributed by atoms with Crippen molar-refractivity contribution in [3.8, 4) is 0 Å². The van der Waals surface area contributed by atoms with Crippen molar-refractivity contribution in [1.29, 1.82) is 0 Å². The Labute approximate surface area is 80.7 Å². The van der Waals surface area contributed by atoms with E-state index in [0.717, 1.165) is 5.56 Å². The molecular formula is C8H6ClNOS. The molecule has 1 aromatic rings. The molecule has 12 heavy (non-hydrogen) atoms. The van der Waals surface area contributed by atoms with Crippen LogP contribution in [-0.4, -0.2) is 10.2 Å². The van der Waals surface area contributed by atoms with E-state index in [1.54, 1.807) is 6.07 Å². The van der Waals surface area contributed by atoms with Crippen LogP contribution in [0.25, 0.3) is 0 Å². The molecule has 2 nitrogen and oxygen atoms in total. The molecule has 0 saturated carbocycles. The van der Waals surface area contributed by atoms with Crippen LogP contribution in [0.3, 0.4) is 0 Å². The Morgan fingerprint density at radius 2 is 2.25 bits per heavy atom. The third-order valence-electron chi connectivity index (χ3n) is 1.87. The molecule has 0 saturated heterocycles. The highest BCUT2D eigenvalue weighted by Crippen LogP contribution is 2.29. The molecule has 0 spiro atoms. The second-order valence-corrected chi connectivity index (χ2v) is 3.53. The number of carbonyl (C=O) groups is 1. The smallest absolute Gasteiger partial charge is 0.265 e. The first-order valence-corrected chi connectivity index (χ1v) is 4.26. The Balaban J connectivity index is 2.62. The lowest BCUT2D eigenvalue weighted by Gasteiger charge is -2.02. The largest absolute Gasteiger partial charge is 0.281 e. The van der Waals surface area contributed by atoms with Gasteiger partial charge < -0.3 is 0 Å². The number of rotatable bonds is 0. The maximum absolute atomic E-state index is 11.4. The molecule has 0 fully saturated rings. The van der Waals surface area contributed by atoms with E-state index < -0.39 is 0 Å². The molecule has 0 aliphatic carbocycles. The van der Waals surface area contributed by atoms with Crippen molar-refractivity contribution < 1.29 is 4.79 Å². The minimum absolute atomic E-state index is 0.112. The van der Waals surface area contributed by atoms with Gasteiger partial charge in [-0.05, 0) is 11.6 Å². The quantitative estimate of drug-likeness (QED) is 0.635. The summed E-state index contributed by atoms with van der Waals surface area (Å²) in [5.41, 5.74) is 1.54. The summed E-state index contributed by atoms with van der Waals surface area (Å²) in [6.07, 6.45) is 0. The molecule has 0 N–H and O–H groups in total. The van der Waals surface area contributed by atoms with Gasteiger partial charge in [-0.1, -0.05) is 36.5 Å². The van der Waals surface area contributed by atoms with Gasteiger partial charge in [-0.25, -0.2) is 0 Å². The zero-order valence-corrected chi connectivity index (χ0v) is 7.77. The minimum Gasteiger partial charge on any atom is -0.281 e. The number of halogens is 1. The number of thiol groups is 1. The molecule has 0 atom stereocenters. The van der Waals surface area contributed by atoms with Gasteiger partial charge in [0.15, 0.2) is 0 Å². The first-order chi connectivity index (χ1) is 5.70. The fourth-order valence-electron chi connectivity index (χ4n) is 1.30. The number of carbonyl (C=O) groups excluding carboxylic acids is 1. The van der Waals surface area contributed by atoms with E-state index in [1.165, 1.54) is 4.31 Å². The minimum atomic E-state index is -0.112. The predicted octanol–water partition coefficient (Wildman–Crippen LogP) is 2.14. The summed E-state index contributed by atoms with van der Waals surface area (Å²) in [6.45, 7) is 0.540. The van der Waals surface area contributed by atoms with Gasteiger partial charge in [0.2, 0.25) is 0 Å². The van der Waals surface area contributed by atoms with E-state index in [2.05, 4.69) is 12.8 Å². The van der Waals surface area contributed by atoms with Crippen LogP contribution in [0.15, 0.2) is 18.2 Å². The Kier molecular flexibility index (Phi) is 1.77. The summed E-state index contributed by atoms with van der Waals surface area (Å²) in [6, 6.07) is 5.43. The SMILES string of the molecule is O=C1c2c(Cl)cccc2CN1S. The first-order valence-electron chi connectivity index (χ1n) is 3.48. The van der Waals surface area contributed by atoms with E-state index in [-0.39, 0.29) is 5.91 Å². The van der Waals surface area contributed by atoms with Crippen molar-refractivity contribution in [1.82, 2.24) is 4.31 Å². The number of fused-ring (bicyclic) bond motifs is 1. The molecule has 1 aromatic carbocycles. The molecule has 1 aliphatic rings.